The molecular weight excluding hydrogens is 248 g/mol. The number of ether oxygens (including phenoxy) is 1. The second-order valence-electron chi connectivity index (χ2n) is 3.87. The van der Waals surface area contributed by atoms with Crippen LogP contribution in [0.25, 0.3) is 0 Å². The zero-order chi connectivity index (χ0) is 12.8. The summed E-state index contributed by atoms with van der Waals surface area (Å²) < 4.78 is 5.65. The van der Waals surface area contributed by atoms with Gasteiger partial charge in [-0.1, -0.05) is 30.7 Å². The van der Waals surface area contributed by atoms with E-state index in [4.69, 9.17) is 16.3 Å². The van der Waals surface area contributed by atoms with Crippen molar-refractivity contribution in [1.82, 2.24) is 10.3 Å². The molecule has 0 fully saturated rings. The maximum Gasteiger partial charge on any atom is 0.147 e. The molecule has 0 amide bonds. The predicted octanol–water partition coefficient (Wildman–Crippen LogP) is 3.64. The Morgan fingerprint density at radius 1 is 1.17 bits per heavy atom. The van der Waals surface area contributed by atoms with Crippen molar-refractivity contribution >= 4 is 11.6 Å². The summed E-state index contributed by atoms with van der Waals surface area (Å²) >= 11 is 5.84. The molecule has 1 aromatic heterocycles. The number of nitrogens with zero attached hydrogens (tertiary/aromatic N) is 1. The van der Waals surface area contributed by atoms with E-state index in [1.54, 1.807) is 18.5 Å². The first kappa shape index (κ1) is 12.9. The van der Waals surface area contributed by atoms with E-state index >= 15 is 0 Å². The van der Waals surface area contributed by atoms with Crippen molar-refractivity contribution in [2.75, 3.05) is 6.54 Å². The Hall–Kier alpha value is -1.58. The molecule has 2 aromatic rings. The summed E-state index contributed by atoms with van der Waals surface area (Å²) in [7, 11) is 0. The Morgan fingerprint density at radius 2 is 1.94 bits per heavy atom. The van der Waals surface area contributed by atoms with Gasteiger partial charge in [0.05, 0.1) is 11.2 Å². The molecule has 0 unspecified atom stereocenters. The number of pyridine rings is 1. The van der Waals surface area contributed by atoms with Crippen LogP contribution in [0.2, 0.25) is 5.02 Å². The highest BCUT2D eigenvalue weighted by Crippen LogP contribution is 2.23. The molecule has 94 valence electrons. The molecule has 1 N–H and O–H groups in total. The second-order valence-corrected chi connectivity index (χ2v) is 4.30. The summed E-state index contributed by atoms with van der Waals surface area (Å²) in [5.74, 6) is 1.42. The minimum absolute atomic E-state index is 0.566. The SMILES string of the molecule is CCNCc1ccc(Oc2cncc(Cl)c2)cc1. The van der Waals surface area contributed by atoms with E-state index in [2.05, 4.69) is 17.2 Å². The number of benzene rings is 1. The molecule has 18 heavy (non-hydrogen) atoms. The molecule has 0 saturated carbocycles. The quantitative estimate of drug-likeness (QED) is 0.893. The van der Waals surface area contributed by atoms with Gasteiger partial charge in [-0.25, -0.2) is 0 Å². The van der Waals surface area contributed by atoms with E-state index < -0.39 is 0 Å². The van der Waals surface area contributed by atoms with Gasteiger partial charge in [0.1, 0.15) is 11.5 Å². The highest BCUT2D eigenvalue weighted by Gasteiger charge is 1.99. The normalized spacial score (nSPS) is 10.3. The molecule has 4 heteroatoms. The Morgan fingerprint density at radius 3 is 2.61 bits per heavy atom. The Balaban J connectivity index is 2.02. The molecule has 0 aliphatic rings. The fourth-order valence-electron chi connectivity index (χ4n) is 1.53. The fraction of sp³-hybridized carbons (Fsp3) is 0.214. The van der Waals surface area contributed by atoms with Crippen molar-refractivity contribution in [2.45, 2.75) is 13.5 Å². The lowest BCUT2D eigenvalue weighted by molar-refractivity contribution is 0.480. The predicted molar refractivity (Wildman–Crippen MR) is 73.1 cm³/mol. The van der Waals surface area contributed by atoms with Gasteiger partial charge in [0.2, 0.25) is 0 Å². The number of hydrogen-bond acceptors (Lipinski definition) is 3. The van der Waals surface area contributed by atoms with E-state index in [0.717, 1.165) is 18.8 Å². The minimum Gasteiger partial charge on any atom is -0.456 e. The van der Waals surface area contributed by atoms with Gasteiger partial charge in [0.25, 0.3) is 0 Å². The molecule has 0 bridgehead atoms. The van der Waals surface area contributed by atoms with Crippen LogP contribution in [0.15, 0.2) is 42.7 Å². The average molecular weight is 263 g/mol. The van der Waals surface area contributed by atoms with Crippen molar-refractivity contribution < 1.29 is 4.74 Å². The molecule has 0 aliphatic heterocycles. The lowest BCUT2D eigenvalue weighted by Gasteiger charge is -2.07. The first-order chi connectivity index (χ1) is 8.78. The fourth-order valence-corrected chi connectivity index (χ4v) is 1.69. The summed E-state index contributed by atoms with van der Waals surface area (Å²) in [5, 5.41) is 3.84. The smallest absolute Gasteiger partial charge is 0.147 e. The van der Waals surface area contributed by atoms with Crippen molar-refractivity contribution in [3.8, 4) is 11.5 Å². The lowest BCUT2D eigenvalue weighted by Crippen LogP contribution is -2.11. The van der Waals surface area contributed by atoms with E-state index in [0.29, 0.717) is 10.8 Å². The molecule has 0 atom stereocenters. The molecule has 3 nitrogen and oxygen atoms in total. The third-order valence-corrected chi connectivity index (χ3v) is 2.62. The standard InChI is InChI=1S/C14H15ClN2O/c1-2-16-8-11-3-5-13(6-4-11)18-14-7-12(15)9-17-10-14/h3-7,9-10,16H,2,8H2,1H3. The molecule has 0 saturated heterocycles. The van der Waals surface area contributed by atoms with E-state index in [1.807, 2.05) is 24.3 Å². The van der Waals surface area contributed by atoms with Crippen LogP contribution in [-0.4, -0.2) is 11.5 Å². The Labute approximate surface area is 112 Å². The van der Waals surface area contributed by atoms with Crippen LogP contribution in [0.3, 0.4) is 0 Å². The monoisotopic (exact) mass is 262 g/mol. The maximum absolute atomic E-state index is 5.84. The number of hydrogen-bond donors (Lipinski definition) is 1. The minimum atomic E-state index is 0.566. The number of halogens is 1. The van der Waals surface area contributed by atoms with E-state index in [9.17, 15) is 0 Å². The van der Waals surface area contributed by atoms with Crippen LogP contribution in [0, 0.1) is 0 Å². The van der Waals surface area contributed by atoms with Crippen molar-refractivity contribution in [3.63, 3.8) is 0 Å². The Kier molecular flexibility index (Phi) is 4.56. The molecule has 1 heterocycles. The largest absolute Gasteiger partial charge is 0.456 e. The zero-order valence-corrected chi connectivity index (χ0v) is 10.9. The van der Waals surface area contributed by atoms with Gasteiger partial charge in [0, 0.05) is 18.8 Å². The van der Waals surface area contributed by atoms with Crippen LogP contribution < -0.4 is 10.1 Å². The molecule has 0 radical (unpaired) electrons. The highest BCUT2D eigenvalue weighted by atomic mass is 35.5. The third kappa shape index (κ3) is 3.72. The van der Waals surface area contributed by atoms with Gasteiger partial charge in [-0.15, -0.1) is 0 Å². The molecule has 0 spiro atoms. The lowest BCUT2D eigenvalue weighted by atomic mass is 10.2. The van der Waals surface area contributed by atoms with Crippen molar-refractivity contribution in [3.05, 3.63) is 53.3 Å². The van der Waals surface area contributed by atoms with E-state index in [-0.39, 0.29) is 0 Å². The maximum atomic E-state index is 5.84. The summed E-state index contributed by atoms with van der Waals surface area (Å²) in [6.07, 6.45) is 3.21. The van der Waals surface area contributed by atoms with Crippen molar-refractivity contribution in [2.24, 2.45) is 0 Å². The average Bonchev–Trinajstić information content (AvgIpc) is 2.38. The van der Waals surface area contributed by atoms with Crippen LogP contribution in [0.4, 0.5) is 0 Å². The first-order valence-electron chi connectivity index (χ1n) is 5.86. The van der Waals surface area contributed by atoms with E-state index in [1.165, 1.54) is 5.56 Å². The van der Waals surface area contributed by atoms with Crippen LogP contribution in [-0.2, 0) is 6.54 Å². The van der Waals surface area contributed by atoms with Gasteiger partial charge in [-0.3, -0.25) is 4.98 Å². The summed E-state index contributed by atoms with van der Waals surface area (Å²) in [6, 6.07) is 9.69. The molecular formula is C14H15ClN2O. The van der Waals surface area contributed by atoms with Crippen LogP contribution in [0.5, 0.6) is 11.5 Å². The molecule has 2 rings (SSSR count). The Bertz CT molecular complexity index is 499. The van der Waals surface area contributed by atoms with Gasteiger partial charge < -0.3 is 10.1 Å². The number of nitrogens with one attached hydrogen (secondary N) is 1. The number of aromatic nitrogens is 1. The summed E-state index contributed by atoms with van der Waals surface area (Å²) in [5.41, 5.74) is 1.23. The molecule has 0 aliphatic carbocycles. The number of rotatable bonds is 5. The van der Waals surface area contributed by atoms with Crippen LogP contribution >= 0.6 is 11.6 Å². The summed E-state index contributed by atoms with van der Waals surface area (Å²) in [6.45, 7) is 3.92. The topological polar surface area (TPSA) is 34.1 Å². The van der Waals surface area contributed by atoms with Gasteiger partial charge in [-0.2, -0.15) is 0 Å². The second kappa shape index (κ2) is 6.38. The first-order valence-corrected chi connectivity index (χ1v) is 6.24. The van der Waals surface area contributed by atoms with Crippen molar-refractivity contribution in [1.29, 1.82) is 0 Å². The highest BCUT2D eigenvalue weighted by molar-refractivity contribution is 6.30. The van der Waals surface area contributed by atoms with Crippen LogP contribution in [0.1, 0.15) is 12.5 Å². The van der Waals surface area contributed by atoms with Gasteiger partial charge in [-0.05, 0) is 24.2 Å². The third-order valence-electron chi connectivity index (χ3n) is 2.42. The zero-order valence-electron chi connectivity index (χ0n) is 10.2. The summed E-state index contributed by atoms with van der Waals surface area (Å²) in [4.78, 5) is 3.97. The van der Waals surface area contributed by atoms with Gasteiger partial charge >= 0.3 is 0 Å². The molecule has 1 aromatic carbocycles. The van der Waals surface area contributed by atoms with Gasteiger partial charge in [0.15, 0.2) is 0 Å².